The van der Waals surface area contributed by atoms with E-state index in [1.807, 2.05) is 6.92 Å². The number of aliphatic hydroxyl groups is 3. The van der Waals surface area contributed by atoms with Crippen molar-refractivity contribution in [2.24, 2.45) is 5.73 Å². The van der Waals surface area contributed by atoms with Crippen LogP contribution in [-0.4, -0.2) is 68.9 Å². The summed E-state index contributed by atoms with van der Waals surface area (Å²) in [4.78, 5) is 27.8. The molecule has 1 amide bonds. The summed E-state index contributed by atoms with van der Waals surface area (Å²) in [6.45, 7) is 2.32. The van der Waals surface area contributed by atoms with Gasteiger partial charge in [0.1, 0.15) is 11.6 Å². The third-order valence-electron chi connectivity index (χ3n) is 8.15. The van der Waals surface area contributed by atoms with Gasteiger partial charge in [-0.15, -0.1) is 0 Å². The SMILES string of the molecule is C#N.CC1(N)CC(c2ncc(-c3ccn4nc5c(c4n3)C3CC5N(C(O)(O)O)C(=O)c4cccc(OC(F)F)c43)cn2)C1. The molecule has 15 heteroatoms. The van der Waals surface area contributed by atoms with Crippen molar-refractivity contribution < 1.29 is 33.6 Å². The monoisotopic (exact) mass is 592 g/mol. The molecule has 0 radical (unpaired) electrons. The number of ether oxygens (including phenoxy) is 1. The third kappa shape index (κ3) is 4.64. The Kier molecular flexibility index (Phi) is 6.62. The summed E-state index contributed by atoms with van der Waals surface area (Å²) < 4.78 is 33.0. The molecule has 2 unspecified atom stereocenters. The fraction of sp³-hybridized carbons (Fsp3) is 0.357. The number of amides is 1. The Morgan fingerprint density at radius 3 is 2.49 bits per heavy atom. The zero-order valence-corrected chi connectivity index (χ0v) is 22.7. The lowest BCUT2D eigenvalue weighted by atomic mass is 9.70. The van der Waals surface area contributed by atoms with Crippen LogP contribution in [0.1, 0.15) is 77.1 Å². The van der Waals surface area contributed by atoms with Crippen LogP contribution < -0.4 is 10.5 Å². The van der Waals surface area contributed by atoms with Gasteiger partial charge in [-0.05, 0) is 44.4 Å². The van der Waals surface area contributed by atoms with E-state index in [9.17, 15) is 28.9 Å². The van der Waals surface area contributed by atoms with E-state index in [1.54, 1.807) is 24.7 Å². The lowest BCUT2D eigenvalue weighted by molar-refractivity contribution is -0.385. The predicted octanol–water partition coefficient (Wildman–Crippen LogP) is 2.14. The van der Waals surface area contributed by atoms with Gasteiger partial charge < -0.3 is 25.8 Å². The summed E-state index contributed by atoms with van der Waals surface area (Å²) in [5.41, 5.74) is 8.17. The van der Waals surface area contributed by atoms with Crippen LogP contribution in [0.25, 0.3) is 16.9 Å². The van der Waals surface area contributed by atoms with Gasteiger partial charge in [0.2, 0.25) is 0 Å². The Morgan fingerprint density at radius 1 is 1.16 bits per heavy atom. The van der Waals surface area contributed by atoms with Crippen molar-refractivity contribution >= 4 is 11.6 Å². The molecule has 2 aliphatic carbocycles. The summed E-state index contributed by atoms with van der Waals surface area (Å²) >= 11 is 0. The topological polar surface area (TPSA) is 196 Å². The lowest BCUT2D eigenvalue weighted by Gasteiger charge is -2.41. The second kappa shape index (κ2) is 9.99. The number of alkyl halides is 2. The first-order valence-electron chi connectivity index (χ1n) is 13.3. The van der Waals surface area contributed by atoms with E-state index in [-0.39, 0.29) is 40.4 Å². The third-order valence-corrected chi connectivity index (χ3v) is 8.15. The first kappa shape index (κ1) is 28.5. The summed E-state index contributed by atoms with van der Waals surface area (Å²) in [5.74, 6) is -1.05. The van der Waals surface area contributed by atoms with Gasteiger partial charge in [0.05, 0.1) is 17.4 Å². The van der Waals surface area contributed by atoms with Crippen LogP contribution in [0.4, 0.5) is 8.78 Å². The van der Waals surface area contributed by atoms with Crippen LogP contribution in [0.2, 0.25) is 0 Å². The number of aromatic nitrogens is 5. The zero-order chi connectivity index (χ0) is 30.8. The van der Waals surface area contributed by atoms with Crippen LogP contribution in [0.15, 0.2) is 42.9 Å². The smallest absolute Gasteiger partial charge is 0.387 e. The second-order valence-corrected chi connectivity index (χ2v) is 11.1. The average Bonchev–Trinajstić information content (AvgIpc) is 3.44. The molecule has 1 aromatic carbocycles. The van der Waals surface area contributed by atoms with Gasteiger partial charge in [-0.2, -0.15) is 13.9 Å². The summed E-state index contributed by atoms with van der Waals surface area (Å²) in [6.07, 6.45) is 3.06. The van der Waals surface area contributed by atoms with Crippen molar-refractivity contribution in [1.29, 1.82) is 5.26 Å². The van der Waals surface area contributed by atoms with Gasteiger partial charge in [0.25, 0.3) is 5.91 Å². The number of nitriles is 1. The first-order valence-corrected chi connectivity index (χ1v) is 13.3. The standard InChI is InChI=1S/C27H25F2N7O5.CHN/c1-26(30)8-12(9-26)22-31-10-13(11-32-22)16-5-6-35-23(33-16)20-15-7-17(21(20)34-35)36(27(38,39)40)24(37)14-3-2-4-18(19(14)15)41-25(28)29;1-2/h2-6,10-12,15,17,25,38-40H,7-9,30H2,1H3;1H. The zero-order valence-electron chi connectivity index (χ0n) is 22.7. The maximum atomic E-state index is 13.4. The number of halogens is 2. The van der Waals surface area contributed by atoms with Gasteiger partial charge in [0, 0.05) is 64.8 Å². The molecule has 1 saturated carbocycles. The lowest BCUT2D eigenvalue weighted by Crippen LogP contribution is -2.53. The maximum absolute atomic E-state index is 13.4. The van der Waals surface area contributed by atoms with E-state index < -0.39 is 30.6 Å². The molecule has 0 spiro atoms. The van der Waals surface area contributed by atoms with Gasteiger partial charge in [-0.25, -0.2) is 24.7 Å². The van der Waals surface area contributed by atoms with Crippen molar-refractivity contribution in [3.05, 3.63) is 71.1 Å². The maximum Gasteiger partial charge on any atom is 0.387 e. The molecule has 43 heavy (non-hydrogen) atoms. The van der Waals surface area contributed by atoms with Crippen molar-refractivity contribution in [3.8, 4) is 23.6 Å². The minimum Gasteiger partial charge on any atom is -0.434 e. The molecule has 3 aromatic heterocycles. The number of carbonyl (C=O) groups is 1. The molecule has 3 aliphatic rings. The first-order chi connectivity index (χ1) is 20.4. The molecule has 4 aromatic rings. The Balaban J connectivity index is 0.00000161. The van der Waals surface area contributed by atoms with Crippen LogP contribution in [-0.2, 0) is 0 Å². The number of nitrogens with two attached hydrogens (primary N) is 1. The molecule has 7 rings (SSSR count). The minimum atomic E-state index is -3.55. The highest BCUT2D eigenvalue weighted by Crippen LogP contribution is 2.54. The van der Waals surface area contributed by atoms with E-state index in [1.165, 1.54) is 22.7 Å². The molecule has 4 heterocycles. The minimum absolute atomic E-state index is 0.0190. The average molecular weight is 593 g/mol. The number of hydrogen-bond acceptors (Lipinski definition) is 11. The number of carbonyl (C=O) groups excluding carboxylic acids is 1. The van der Waals surface area contributed by atoms with Crippen LogP contribution in [0.3, 0.4) is 0 Å². The van der Waals surface area contributed by atoms with Crippen LogP contribution >= 0.6 is 0 Å². The normalized spacial score (nSPS) is 24.1. The van der Waals surface area contributed by atoms with Crippen LogP contribution in [0.5, 0.6) is 5.75 Å². The fourth-order valence-corrected chi connectivity index (χ4v) is 6.48. The van der Waals surface area contributed by atoms with Crippen LogP contribution in [0, 0.1) is 11.8 Å². The summed E-state index contributed by atoms with van der Waals surface area (Å²) in [5, 5.41) is 41.6. The Morgan fingerprint density at radius 2 is 1.86 bits per heavy atom. The van der Waals surface area contributed by atoms with Crippen molar-refractivity contribution in [2.75, 3.05) is 0 Å². The molecule has 1 fully saturated rings. The van der Waals surface area contributed by atoms with Gasteiger partial charge >= 0.3 is 12.7 Å². The van der Waals surface area contributed by atoms with E-state index in [0.29, 0.717) is 33.2 Å². The second-order valence-electron chi connectivity index (χ2n) is 11.1. The summed E-state index contributed by atoms with van der Waals surface area (Å²) in [6, 6.07) is 4.61. The molecule has 2 bridgehead atoms. The van der Waals surface area contributed by atoms with Crippen molar-refractivity contribution in [3.63, 3.8) is 0 Å². The van der Waals surface area contributed by atoms with Gasteiger partial charge in [-0.1, -0.05) is 6.07 Å². The van der Waals surface area contributed by atoms with Gasteiger partial charge in [-0.3, -0.25) is 9.69 Å². The molecule has 2 atom stereocenters. The molecule has 1 aliphatic heterocycles. The molecular formula is C28H26F2N8O5. The quantitative estimate of drug-likeness (QED) is 0.248. The largest absolute Gasteiger partial charge is 0.434 e. The van der Waals surface area contributed by atoms with E-state index >= 15 is 0 Å². The Hall–Kier alpha value is -4.62. The highest BCUT2D eigenvalue weighted by molar-refractivity contribution is 5.98. The Bertz CT molecular complexity index is 1740. The molecule has 0 saturated heterocycles. The fourth-order valence-electron chi connectivity index (χ4n) is 6.48. The predicted molar refractivity (Wildman–Crippen MR) is 143 cm³/mol. The molecule has 13 nitrogen and oxygen atoms in total. The van der Waals surface area contributed by atoms with E-state index in [0.717, 1.165) is 12.8 Å². The molecular weight excluding hydrogens is 566 g/mol. The van der Waals surface area contributed by atoms with Crippen molar-refractivity contribution in [2.45, 2.75) is 62.3 Å². The highest BCUT2D eigenvalue weighted by atomic mass is 19.3. The summed E-state index contributed by atoms with van der Waals surface area (Å²) in [7, 11) is 0. The van der Waals surface area contributed by atoms with E-state index in [4.69, 9.17) is 20.7 Å². The molecule has 222 valence electrons. The van der Waals surface area contributed by atoms with Gasteiger partial charge in [0.15, 0.2) is 5.65 Å². The molecule has 5 N–H and O–H groups in total. The number of nitrogens with zero attached hydrogens (tertiary/aromatic N) is 7. The van der Waals surface area contributed by atoms with E-state index in [2.05, 4.69) is 21.6 Å². The number of rotatable bonds is 5. The Labute approximate surface area is 242 Å². The number of hydrogen-bond donors (Lipinski definition) is 4. The highest BCUT2D eigenvalue weighted by Gasteiger charge is 2.53. The number of fused-ring (bicyclic) bond motifs is 9. The number of benzene rings is 1. The van der Waals surface area contributed by atoms with Crippen molar-refractivity contribution in [1.82, 2.24) is 29.5 Å².